The lowest BCUT2D eigenvalue weighted by Crippen LogP contribution is -2.67. The number of rotatable bonds is 4. The van der Waals surface area contributed by atoms with E-state index in [9.17, 15) is 14.7 Å². The molecule has 0 spiro atoms. The SMILES string of the molecule is CC(C)C1(O)CN(C(=O)CNC(=O)c2ccco2)C1. The van der Waals surface area contributed by atoms with Crippen LogP contribution in [0.5, 0.6) is 0 Å². The van der Waals surface area contributed by atoms with Gasteiger partial charge in [0, 0.05) is 0 Å². The van der Waals surface area contributed by atoms with Crippen LogP contribution in [-0.2, 0) is 4.79 Å². The number of hydrogen-bond donors (Lipinski definition) is 2. The van der Waals surface area contributed by atoms with E-state index < -0.39 is 11.5 Å². The molecular formula is C13H18N2O4. The molecule has 2 amide bonds. The number of amides is 2. The highest BCUT2D eigenvalue weighted by Crippen LogP contribution is 2.28. The summed E-state index contributed by atoms with van der Waals surface area (Å²) in [6.07, 6.45) is 1.40. The standard InChI is InChI=1S/C13H18N2O4/c1-9(2)13(18)7-15(8-13)11(16)6-14-12(17)10-4-3-5-19-10/h3-5,9,18H,6-8H2,1-2H3,(H,14,17). The maximum Gasteiger partial charge on any atom is 0.287 e. The third-order valence-electron chi connectivity index (χ3n) is 3.50. The summed E-state index contributed by atoms with van der Waals surface area (Å²) in [5.74, 6) is -0.340. The maximum atomic E-state index is 11.8. The lowest BCUT2D eigenvalue weighted by Gasteiger charge is -2.49. The van der Waals surface area contributed by atoms with Crippen molar-refractivity contribution >= 4 is 11.8 Å². The molecule has 104 valence electrons. The van der Waals surface area contributed by atoms with Gasteiger partial charge in [-0.25, -0.2) is 0 Å². The molecule has 1 aromatic rings. The van der Waals surface area contributed by atoms with Gasteiger partial charge in [0.05, 0.1) is 25.9 Å². The van der Waals surface area contributed by atoms with E-state index in [2.05, 4.69) is 5.32 Å². The van der Waals surface area contributed by atoms with Gasteiger partial charge in [-0.1, -0.05) is 13.8 Å². The Hall–Kier alpha value is -1.82. The molecule has 1 aliphatic rings. The lowest BCUT2D eigenvalue weighted by atomic mass is 9.83. The summed E-state index contributed by atoms with van der Waals surface area (Å²) in [6, 6.07) is 3.13. The van der Waals surface area contributed by atoms with Gasteiger partial charge in [-0.05, 0) is 18.1 Å². The van der Waals surface area contributed by atoms with Crippen molar-refractivity contribution in [2.75, 3.05) is 19.6 Å². The van der Waals surface area contributed by atoms with Gasteiger partial charge in [0.25, 0.3) is 5.91 Å². The average Bonchev–Trinajstić information content (AvgIpc) is 2.84. The summed E-state index contributed by atoms with van der Waals surface area (Å²) >= 11 is 0. The number of likely N-dealkylation sites (tertiary alicyclic amines) is 1. The van der Waals surface area contributed by atoms with E-state index in [4.69, 9.17) is 4.42 Å². The fraction of sp³-hybridized carbons (Fsp3) is 0.538. The highest BCUT2D eigenvalue weighted by atomic mass is 16.3. The van der Waals surface area contributed by atoms with Crippen LogP contribution in [-0.4, -0.2) is 47.1 Å². The average molecular weight is 266 g/mol. The van der Waals surface area contributed by atoms with Crippen LogP contribution in [0.25, 0.3) is 0 Å². The first kappa shape index (κ1) is 13.6. The Morgan fingerprint density at radius 1 is 1.53 bits per heavy atom. The molecule has 19 heavy (non-hydrogen) atoms. The van der Waals surface area contributed by atoms with Crippen LogP contribution in [0.3, 0.4) is 0 Å². The largest absolute Gasteiger partial charge is 0.459 e. The Morgan fingerprint density at radius 2 is 2.21 bits per heavy atom. The van der Waals surface area contributed by atoms with E-state index in [-0.39, 0.29) is 24.1 Å². The smallest absolute Gasteiger partial charge is 0.287 e. The van der Waals surface area contributed by atoms with Crippen molar-refractivity contribution < 1.29 is 19.1 Å². The third-order valence-corrected chi connectivity index (χ3v) is 3.50. The fourth-order valence-electron chi connectivity index (χ4n) is 1.92. The van der Waals surface area contributed by atoms with Crippen molar-refractivity contribution in [2.24, 2.45) is 5.92 Å². The van der Waals surface area contributed by atoms with Crippen molar-refractivity contribution in [2.45, 2.75) is 19.4 Å². The molecule has 2 N–H and O–H groups in total. The normalized spacial score (nSPS) is 17.2. The molecule has 0 radical (unpaired) electrons. The number of β-amino-alcohol motifs (C(OH)–C–C–N with tert-alkyl or cyclic N) is 1. The highest BCUT2D eigenvalue weighted by molar-refractivity contribution is 5.94. The summed E-state index contributed by atoms with van der Waals surface area (Å²) in [5.41, 5.74) is -0.791. The molecule has 0 saturated carbocycles. The maximum absolute atomic E-state index is 11.8. The molecule has 0 bridgehead atoms. The Bertz CT molecular complexity index is 461. The molecule has 0 unspecified atom stereocenters. The van der Waals surface area contributed by atoms with Crippen molar-refractivity contribution in [3.63, 3.8) is 0 Å². The number of hydrogen-bond acceptors (Lipinski definition) is 4. The molecule has 6 heteroatoms. The topological polar surface area (TPSA) is 82.8 Å². The van der Waals surface area contributed by atoms with E-state index in [1.54, 1.807) is 6.07 Å². The van der Waals surface area contributed by atoms with Crippen LogP contribution in [0.15, 0.2) is 22.8 Å². The number of carbonyl (C=O) groups excluding carboxylic acids is 2. The van der Waals surface area contributed by atoms with Gasteiger partial charge in [0.1, 0.15) is 5.60 Å². The van der Waals surface area contributed by atoms with Gasteiger partial charge in [-0.3, -0.25) is 9.59 Å². The molecule has 0 aliphatic carbocycles. The molecule has 2 rings (SSSR count). The first-order valence-electron chi connectivity index (χ1n) is 6.24. The third kappa shape index (κ3) is 2.78. The van der Waals surface area contributed by atoms with E-state index >= 15 is 0 Å². The van der Waals surface area contributed by atoms with Gasteiger partial charge in [-0.2, -0.15) is 0 Å². The predicted molar refractivity (Wildman–Crippen MR) is 67.4 cm³/mol. The van der Waals surface area contributed by atoms with Gasteiger partial charge >= 0.3 is 0 Å². The molecule has 2 heterocycles. The van der Waals surface area contributed by atoms with Crippen molar-refractivity contribution in [1.29, 1.82) is 0 Å². The van der Waals surface area contributed by atoms with Gasteiger partial charge in [0.15, 0.2) is 5.76 Å². The second-order valence-electron chi connectivity index (χ2n) is 5.17. The molecule has 1 saturated heterocycles. The van der Waals surface area contributed by atoms with Crippen LogP contribution in [0.1, 0.15) is 24.4 Å². The summed E-state index contributed by atoms with van der Waals surface area (Å²) in [4.78, 5) is 24.9. The summed E-state index contributed by atoms with van der Waals surface area (Å²) in [7, 11) is 0. The minimum atomic E-state index is -0.791. The summed E-state index contributed by atoms with van der Waals surface area (Å²) in [5, 5.41) is 12.5. The zero-order valence-electron chi connectivity index (χ0n) is 11.0. The first-order valence-corrected chi connectivity index (χ1v) is 6.24. The predicted octanol–water partition coefficient (Wildman–Crippen LogP) is 0.239. The monoisotopic (exact) mass is 266 g/mol. The summed E-state index contributed by atoms with van der Waals surface area (Å²) in [6.45, 7) is 4.38. The first-order chi connectivity index (χ1) is 8.92. The zero-order chi connectivity index (χ0) is 14.0. The van der Waals surface area contributed by atoms with Crippen LogP contribution < -0.4 is 5.32 Å². The summed E-state index contributed by atoms with van der Waals surface area (Å²) < 4.78 is 4.92. The fourth-order valence-corrected chi connectivity index (χ4v) is 1.92. The quantitative estimate of drug-likeness (QED) is 0.817. The van der Waals surface area contributed by atoms with E-state index in [0.29, 0.717) is 13.1 Å². The number of furan rings is 1. The molecule has 6 nitrogen and oxygen atoms in total. The zero-order valence-corrected chi connectivity index (χ0v) is 11.0. The minimum absolute atomic E-state index is 0.0896. The second-order valence-corrected chi connectivity index (χ2v) is 5.17. The van der Waals surface area contributed by atoms with Gasteiger partial charge < -0.3 is 19.7 Å². The van der Waals surface area contributed by atoms with Crippen molar-refractivity contribution in [1.82, 2.24) is 10.2 Å². The Kier molecular flexibility index (Phi) is 3.61. The molecule has 0 atom stereocenters. The number of nitrogens with one attached hydrogen (secondary N) is 1. The van der Waals surface area contributed by atoms with Crippen LogP contribution in [0.2, 0.25) is 0 Å². The Morgan fingerprint density at radius 3 is 2.74 bits per heavy atom. The number of carbonyl (C=O) groups is 2. The lowest BCUT2D eigenvalue weighted by molar-refractivity contribution is -0.162. The van der Waals surface area contributed by atoms with E-state index in [1.165, 1.54) is 17.2 Å². The van der Waals surface area contributed by atoms with Crippen LogP contribution in [0.4, 0.5) is 0 Å². The molecule has 1 aliphatic heterocycles. The Balaban J connectivity index is 1.76. The van der Waals surface area contributed by atoms with E-state index in [1.807, 2.05) is 13.8 Å². The molecule has 1 aromatic heterocycles. The van der Waals surface area contributed by atoms with Crippen molar-refractivity contribution in [3.05, 3.63) is 24.2 Å². The van der Waals surface area contributed by atoms with Crippen LogP contribution in [0, 0.1) is 5.92 Å². The molecular weight excluding hydrogens is 248 g/mol. The Labute approximate surface area is 111 Å². The second kappa shape index (κ2) is 5.05. The van der Waals surface area contributed by atoms with Crippen molar-refractivity contribution in [3.8, 4) is 0 Å². The van der Waals surface area contributed by atoms with Crippen LogP contribution >= 0.6 is 0 Å². The molecule has 0 aromatic carbocycles. The molecule has 1 fully saturated rings. The number of nitrogens with zero attached hydrogens (tertiary/aromatic N) is 1. The number of aliphatic hydroxyl groups is 1. The minimum Gasteiger partial charge on any atom is -0.459 e. The highest BCUT2D eigenvalue weighted by Gasteiger charge is 2.45. The van der Waals surface area contributed by atoms with Gasteiger partial charge in [-0.15, -0.1) is 0 Å². The van der Waals surface area contributed by atoms with Gasteiger partial charge in [0.2, 0.25) is 5.91 Å². The van der Waals surface area contributed by atoms with E-state index in [0.717, 1.165) is 0 Å².